The van der Waals surface area contributed by atoms with Crippen molar-refractivity contribution < 1.29 is 5.11 Å². The maximum Gasteiger partial charge on any atom is 0.191 e. The molecule has 0 aromatic heterocycles. The van der Waals surface area contributed by atoms with Gasteiger partial charge in [0.25, 0.3) is 0 Å². The topological polar surface area (TPSA) is 56.7 Å². The molecule has 1 aliphatic rings. The van der Waals surface area contributed by atoms with Crippen molar-refractivity contribution in [2.24, 2.45) is 4.99 Å². The number of guanidine groups is 1. The first-order valence-electron chi connectivity index (χ1n) is 4.44. The third-order valence-corrected chi connectivity index (χ3v) is 2.60. The van der Waals surface area contributed by atoms with Crippen molar-refractivity contribution in [3.63, 3.8) is 0 Å². The van der Waals surface area contributed by atoms with Gasteiger partial charge in [0.1, 0.15) is 0 Å². The molecule has 0 amide bonds. The van der Waals surface area contributed by atoms with E-state index in [4.69, 9.17) is 5.11 Å². The lowest BCUT2D eigenvalue weighted by Crippen LogP contribution is -2.49. The fourth-order valence-electron chi connectivity index (χ4n) is 1.15. The number of hydrogen-bond acceptors (Lipinski definition) is 5. The zero-order chi connectivity index (χ0) is 9.68. The quantitative estimate of drug-likeness (QED) is 0.587. The lowest BCUT2D eigenvalue weighted by molar-refractivity contribution is 0.180. The van der Waals surface area contributed by atoms with Crippen molar-refractivity contribution in [3.8, 4) is 0 Å². The monoisotopic (exact) mass is 203 g/mol. The van der Waals surface area contributed by atoms with E-state index in [0.717, 1.165) is 11.7 Å². The van der Waals surface area contributed by atoms with Gasteiger partial charge in [-0.3, -0.25) is 4.99 Å². The van der Waals surface area contributed by atoms with Crippen LogP contribution in [-0.2, 0) is 0 Å². The standard InChI is InChI=1S/C8H17N3OS/c1-6(5-13-2)11-8-9-3-7(12)4-10-8/h6-7,12H,3-5H2,1-2H3,(H2,9,10,11). The van der Waals surface area contributed by atoms with Crippen LogP contribution in [0.1, 0.15) is 6.92 Å². The fourth-order valence-corrected chi connectivity index (χ4v) is 1.74. The summed E-state index contributed by atoms with van der Waals surface area (Å²) in [6, 6.07) is 0.413. The molecule has 1 aliphatic heterocycles. The van der Waals surface area contributed by atoms with E-state index in [1.54, 1.807) is 11.8 Å². The van der Waals surface area contributed by atoms with Gasteiger partial charge in [0, 0.05) is 18.3 Å². The largest absolute Gasteiger partial charge is 0.389 e. The van der Waals surface area contributed by atoms with Crippen LogP contribution in [0.3, 0.4) is 0 Å². The maximum atomic E-state index is 9.16. The summed E-state index contributed by atoms with van der Waals surface area (Å²) in [6.07, 6.45) is 1.75. The third-order valence-electron chi connectivity index (χ3n) is 1.77. The first-order valence-corrected chi connectivity index (χ1v) is 5.83. The number of aliphatic imine (C=N–C) groups is 1. The zero-order valence-electron chi connectivity index (χ0n) is 8.08. The first kappa shape index (κ1) is 10.7. The number of β-amino-alcohol motifs (C(OH)–C–C–N with tert-alkyl or cyclic N) is 1. The van der Waals surface area contributed by atoms with Gasteiger partial charge in [0.15, 0.2) is 5.96 Å². The van der Waals surface area contributed by atoms with Crippen LogP contribution in [0.25, 0.3) is 0 Å². The third kappa shape index (κ3) is 3.87. The summed E-state index contributed by atoms with van der Waals surface area (Å²) in [5.74, 6) is 1.87. The molecule has 1 rings (SSSR count). The Morgan fingerprint density at radius 1 is 1.85 bits per heavy atom. The van der Waals surface area contributed by atoms with E-state index >= 15 is 0 Å². The molecule has 0 radical (unpaired) electrons. The Balaban J connectivity index is 2.28. The van der Waals surface area contributed by atoms with Gasteiger partial charge < -0.3 is 15.7 Å². The molecule has 0 spiro atoms. The Kier molecular flexibility index (Phi) is 4.38. The Hall–Kier alpha value is -0.420. The predicted octanol–water partition coefficient (Wildman–Crippen LogP) is -0.352. The highest BCUT2D eigenvalue weighted by Crippen LogP contribution is 1.97. The van der Waals surface area contributed by atoms with E-state index in [9.17, 15) is 0 Å². The van der Waals surface area contributed by atoms with Crippen molar-refractivity contribution >= 4 is 17.7 Å². The summed E-state index contributed by atoms with van der Waals surface area (Å²) in [7, 11) is 0. The molecule has 2 unspecified atom stereocenters. The summed E-state index contributed by atoms with van der Waals surface area (Å²) < 4.78 is 0. The average Bonchev–Trinajstić information content (AvgIpc) is 2.09. The van der Waals surface area contributed by atoms with Crippen LogP contribution in [0.2, 0.25) is 0 Å². The van der Waals surface area contributed by atoms with Gasteiger partial charge in [-0.2, -0.15) is 11.8 Å². The van der Waals surface area contributed by atoms with Gasteiger partial charge in [-0.15, -0.1) is 0 Å². The van der Waals surface area contributed by atoms with Crippen molar-refractivity contribution in [1.82, 2.24) is 10.6 Å². The van der Waals surface area contributed by atoms with Crippen LogP contribution in [0.5, 0.6) is 0 Å². The molecule has 0 fully saturated rings. The van der Waals surface area contributed by atoms with Gasteiger partial charge in [-0.25, -0.2) is 0 Å². The molecule has 4 nitrogen and oxygen atoms in total. The van der Waals surface area contributed by atoms with E-state index in [0.29, 0.717) is 19.1 Å². The Labute approximate surface area is 83.2 Å². The minimum Gasteiger partial charge on any atom is -0.389 e. The minimum atomic E-state index is -0.332. The molecule has 2 atom stereocenters. The molecule has 0 saturated carbocycles. The summed E-state index contributed by atoms with van der Waals surface area (Å²) in [5.41, 5.74) is 0. The predicted molar refractivity (Wildman–Crippen MR) is 57.3 cm³/mol. The van der Waals surface area contributed by atoms with Crippen LogP contribution >= 0.6 is 11.8 Å². The smallest absolute Gasteiger partial charge is 0.191 e. The maximum absolute atomic E-state index is 9.16. The summed E-state index contributed by atoms with van der Waals surface area (Å²) in [4.78, 5) is 4.17. The van der Waals surface area contributed by atoms with Gasteiger partial charge in [-0.05, 0) is 13.2 Å². The number of aliphatic hydroxyl groups excluding tert-OH is 1. The van der Waals surface area contributed by atoms with Crippen molar-refractivity contribution in [2.45, 2.75) is 19.1 Å². The van der Waals surface area contributed by atoms with Gasteiger partial charge >= 0.3 is 0 Å². The number of hydrogen-bond donors (Lipinski definition) is 3. The summed E-state index contributed by atoms with van der Waals surface area (Å²) >= 11 is 1.80. The molecule has 5 heteroatoms. The second-order valence-electron chi connectivity index (χ2n) is 3.22. The Morgan fingerprint density at radius 3 is 3.15 bits per heavy atom. The van der Waals surface area contributed by atoms with E-state index in [1.807, 2.05) is 0 Å². The number of nitrogens with one attached hydrogen (secondary N) is 2. The highest BCUT2D eigenvalue weighted by molar-refractivity contribution is 7.98. The van der Waals surface area contributed by atoms with Crippen LogP contribution < -0.4 is 10.6 Å². The molecule has 13 heavy (non-hydrogen) atoms. The Bertz CT molecular complexity index is 186. The first-order chi connectivity index (χ1) is 6.22. The molecule has 3 N–H and O–H groups in total. The number of nitrogens with zero attached hydrogens (tertiary/aromatic N) is 1. The average molecular weight is 203 g/mol. The SMILES string of the molecule is CSCC(C)NC1=NCC(O)CN1. The second-order valence-corrected chi connectivity index (χ2v) is 4.14. The van der Waals surface area contributed by atoms with E-state index in [2.05, 4.69) is 28.8 Å². The van der Waals surface area contributed by atoms with E-state index in [1.165, 1.54) is 0 Å². The fraction of sp³-hybridized carbons (Fsp3) is 0.875. The zero-order valence-corrected chi connectivity index (χ0v) is 8.90. The normalized spacial score (nSPS) is 24.5. The molecule has 0 aromatic carbocycles. The summed E-state index contributed by atoms with van der Waals surface area (Å²) in [5, 5.41) is 15.4. The molecule has 0 bridgehead atoms. The second kappa shape index (κ2) is 5.34. The van der Waals surface area contributed by atoms with Gasteiger partial charge in [0.05, 0.1) is 12.6 Å². The highest BCUT2D eigenvalue weighted by atomic mass is 32.2. The van der Waals surface area contributed by atoms with Crippen LogP contribution in [0.4, 0.5) is 0 Å². The van der Waals surface area contributed by atoms with Crippen molar-refractivity contribution in [3.05, 3.63) is 0 Å². The summed E-state index contributed by atoms with van der Waals surface area (Å²) in [6.45, 7) is 3.21. The van der Waals surface area contributed by atoms with Crippen LogP contribution in [-0.4, -0.2) is 48.3 Å². The number of thioether (sulfide) groups is 1. The lowest BCUT2D eigenvalue weighted by Gasteiger charge is -2.22. The highest BCUT2D eigenvalue weighted by Gasteiger charge is 2.12. The molecular weight excluding hydrogens is 186 g/mol. The molecule has 0 aromatic rings. The van der Waals surface area contributed by atoms with Crippen molar-refractivity contribution in [2.75, 3.05) is 25.1 Å². The molecule has 0 aliphatic carbocycles. The van der Waals surface area contributed by atoms with Crippen LogP contribution in [0.15, 0.2) is 4.99 Å². The molecule has 0 saturated heterocycles. The molecule has 1 heterocycles. The van der Waals surface area contributed by atoms with E-state index < -0.39 is 0 Å². The van der Waals surface area contributed by atoms with Gasteiger partial charge in [-0.1, -0.05) is 0 Å². The minimum absolute atomic E-state index is 0.332. The molecule has 76 valence electrons. The molecular formula is C8H17N3OS. The number of aliphatic hydroxyl groups is 1. The number of rotatable bonds is 3. The van der Waals surface area contributed by atoms with E-state index in [-0.39, 0.29) is 6.10 Å². The Morgan fingerprint density at radius 2 is 2.62 bits per heavy atom. The van der Waals surface area contributed by atoms with Gasteiger partial charge in [0.2, 0.25) is 0 Å². The lowest BCUT2D eigenvalue weighted by atomic mass is 10.3. The van der Waals surface area contributed by atoms with Crippen LogP contribution in [0, 0.1) is 0 Å². The van der Waals surface area contributed by atoms with Crippen molar-refractivity contribution in [1.29, 1.82) is 0 Å².